The summed E-state index contributed by atoms with van der Waals surface area (Å²) in [6.07, 6.45) is 1.31. The standard InChI is InChI=1S/C13H17ClN2O.C4H6O4/c14-12-2-1-9-3-5-15-6-4-11(9)13(12)16-7-10(17)8-16;5-3(6)1-2-4(7)8/h1-2,10,15,17H,3-8H2;1-2H2,(H,5,6)(H,7,8). The number of halogens is 1. The van der Waals surface area contributed by atoms with Crippen molar-refractivity contribution < 1.29 is 24.9 Å². The van der Waals surface area contributed by atoms with Gasteiger partial charge in [-0.05, 0) is 43.1 Å². The van der Waals surface area contributed by atoms with E-state index in [4.69, 9.17) is 21.8 Å². The average molecular weight is 371 g/mol. The number of aliphatic hydroxyl groups excluding tert-OH is 1. The molecule has 0 amide bonds. The van der Waals surface area contributed by atoms with E-state index in [0.717, 1.165) is 36.6 Å². The zero-order chi connectivity index (χ0) is 18.4. The number of aliphatic hydroxyl groups is 1. The highest BCUT2D eigenvalue weighted by molar-refractivity contribution is 6.33. The minimum Gasteiger partial charge on any atom is -0.481 e. The molecule has 25 heavy (non-hydrogen) atoms. The van der Waals surface area contributed by atoms with E-state index in [2.05, 4.69) is 16.3 Å². The number of benzene rings is 1. The van der Waals surface area contributed by atoms with Crippen molar-refractivity contribution in [2.24, 2.45) is 0 Å². The third-order valence-corrected chi connectivity index (χ3v) is 4.49. The highest BCUT2D eigenvalue weighted by atomic mass is 35.5. The molecule has 4 N–H and O–H groups in total. The largest absolute Gasteiger partial charge is 0.481 e. The lowest BCUT2D eigenvalue weighted by atomic mass is 9.98. The van der Waals surface area contributed by atoms with Crippen molar-refractivity contribution in [1.29, 1.82) is 0 Å². The first kappa shape index (κ1) is 19.5. The Morgan fingerprint density at radius 3 is 2.28 bits per heavy atom. The number of nitrogens with one attached hydrogen (secondary N) is 1. The van der Waals surface area contributed by atoms with Crippen molar-refractivity contribution in [2.45, 2.75) is 31.8 Å². The van der Waals surface area contributed by atoms with Gasteiger partial charge in [0.05, 0.1) is 29.7 Å². The molecule has 0 aromatic heterocycles. The van der Waals surface area contributed by atoms with E-state index in [1.807, 2.05) is 6.07 Å². The number of carboxylic acids is 2. The van der Waals surface area contributed by atoms with Crippen LogP contribution in [0, 0.1) is 0 Å². The molecule has 0 radical (unpaired) electrons. The van der Waals surface area contributed by atoms with Gasteiger partial charge in [-0.3, -0.25) is 9.59 Å². The second kappa shape index (κ2) is 9.03. The van der Waals surface area contributed by atoms with Gasteiger partial charge in [0.15, 0.2) is 0 Å². The summed E-state index contributed by atoms with van der Waals surface area (Å²) in [5, 5.41) is 29.5. The highest BCUT2D eigenvalue weighted by Crippen LogP contribution is 2.36. The molecule has 0 spiro atoms. The van der Waals surface area contributed by atoms with E-state index >= 15 is 0 Å². The summed E-state index contributed by atoms with van der Waals surface area (Å²) in [6, 6.07) is 4.14. The van der Waals surface area contributed by atoms with Crippen molar-refractivity contribution in [3.8, 4) is 0 Å². The summed E-state index contributed by atoms with van der Waals surface area (Å²) in [5.41, 5.74) is 3.92. The normalized spacial score (nSPS) is 16.8. The van der Waals surface area contributed by atoms with E-state index in [9.17, 15) is 14.7 Å². The van der Waals surface area contributed by atoms with Gasteiger partial charge in [0.1, 0.15) is 0 Å². The minimum absolute atomic E-state index is 0.189. The maximum atomic E-state index is 9.64. The van der Waals surface area contributed by atoms with E-state index in [0.29, 0.717) is 13.1 Å². The summed E-state index contributed by atoms with van der Waals surface area (Å²) in [6.45, 7) is 3.47. The van der Waals surface area contributed by atoms with Crippen LogP contribution < -0.4 is 10.2 Å². The molecule has 1 fully saturated rings. The Bertz CT molecular complexity index is 618. The van der Waals surface area contributed by atoms with Crippen molar-refractivity contribution in [3.63, 3.8) is 0 Å². The monoisotopic (exact) mass is 370 g/mol. The predicted octanol–water partition coefficient (Wildman–Crippen LogP) is 1.14. The van der Waals surface area contributed by atoms with Crippen LogP contribution in [0.2, 0.25) is 5.02 Å². The Balaban J connectivity index is 0.000000242. The fourth-order valence-corrected chi connectivity index (χ4v) is 3.21. The molecule has 0 aliphatic carbocycles. The number of fused-ring (bicyclic) bond motifs is 1. The summed E-state index contributed by atoms with van der Waals surface area (Å²) >= 11 is 6.33. The quantitative estimate of drug-likeness (QED) is 0.629. The number of anilines is 1. The molecule has 2 aliphatic rings. The lowest BCUT2D eigenvalue weighted by Crippen LogP contribution is -2.51. The second-order valence-corrected chi connectivity index (χ2v) is 6.54. The predicted molar refractivity (Wildman–Crippen MR) is 94.5 cm³/mol. The van der Waals surface area contributed by atoms with Crippen LogP contribution in [0.15, 0.2) is 12.1 Å². The molecule has 0 bridgehead atoms. The first-order chi connectivity index (χ1) is 11.9. The SMILES string of the molecule is O=C(O)CCC(=O)O.OC1CN(c2c(Cl)ccc3c2CCNCC3)C1. The molecule has 1 aromatic carbocycles. The van der Waals surface area contributed by atoms with Gasteiger partial charge in [-0.2, -0.15) is 0 Å². The zero-order valence-corrected chi connectivity index (χ0v) is 14.6. The van der Waals surface area contributed by atoms with Crippen molar-refractivity contribution >= 4 is 29.2 Å². The lowest BCUT2D eigenvalue weighted by molar-refractivity contribution is -0.143. The van der Waals surface area contributed by atoms with Crippen LogP contribution in [-0.4, -0.2) is 59.5 Å². The summed E-state index contributed by atoms with van der Waals surface area (Å²) < 4.78 is 0. The third kappa shape index (κ3) is 5.59. The number of nitrogens with zero attached hydrogens (tertiary/aromatic N) is 1. The molecule has 138 valence electrons. The van der Waals surface area contributed by atoms with Crippen LogP contribution >= 0.6 is 11.6 Å². The summed E-state index contributed by atoms with van der Waals surface area (Å²) in [4.78, 5) is 21.5. The number of β-amino-alcohol motifs (C(OH)–C–C–N with tert-alkyl or cyclic N) is 1. The molecular formula is C17H23ClN2O5. The van der Waals surface area contributed by atoms with Gasteiger partial charge >= 0.3 is 11.9 Å². The van der Waals surface area contributed by atoms with Crippen LogP contribution in [0.3, 0.4) is 0 Å². The molecule has 0 saturated carbocycles. The number of hydrogen-bond acceptors (Lipinski definition) is 5. The number of aliphatic carboxylic acids is 2. The molecule has 0 unspecified atom stereocenters. The smallest absolute Gasteiger partial charge is 0.303 e. The Kier molecular flexibility index (Phi) is 7.04. The van der Waals surface area contributed by atoms with Crippen LogP contribution in [0.4, 0.5) is 5.69 Å². The van der Waals surface area contributed by atoms with Gasteiger partial charge in [0, 0.05) is 13.1 Å². The molecule has 2 aliphatic heterocycles. The number of rotatable bonds is 4. The van der Waals surface area contributed by atoms with Crippen LogP contribution in [0.1, 0.15) is 24.0 Å². The van der Waals surface area contributed by atoms with Crippen molar-refractivity contribution in [2.75, 3.05) is 31.1 Å². The molecule has 7 nitrogen and oxygen atoms in total. The molecule has 1 aromatic rings. The van der Waals surface area contributed by atoms with Crippen molar-refractivity contribution in [3.05, 3.63) is 28.3 Å². The highest BCUT2D eigenvalue weighted by Gasteiger charge is 2.29. The Hall–Kier alpha value is -1.83. The van der Waals surface area contributed by atoms with E-state index in [1.165, 1.54) is 11.1 Å². The minimum atomic E-state index is -1.08. The fraction of sp³-hybridized carbons (Fsp3) is 0.529. The van der Waals surface area contributed by atoms with E-state index in [1.54, 1.807) is 0 Å². The molecule has 3 rings (SSSR count). The van der Waals surface area contributed by atoms with Gasteiger partial charge in [0.25, 0.3) is 0 Å². The molecule has 2 heterocycles. The van der Waals surface area contributed by atoms with E-state index < -0.39 is 11.9 Å². The maximum absolute atomic E-state index is 9.64. The van der Waals surface area contributed by atoms with Gasteiger partial charge in [-0.25, -0.2) is 0 Å². The summed E-state index contributed by atoms with van der Waals surface area (Å²) in [7, 11) is 0. The first-order valence-corrected chi connectivity index (χ1v) is 8.64. The average Bonchev–Trinajstić information content (AvgIpc) is 2.76. The Morgan fingerprint density at radius 2 is 1.72 bits per heavy atom. The fourth-order valence-electron chi connectivity index (χ4n) is 2.92. The zero-order valence-electron chi connectivity index (χ0n) is 13.9. The van der Waals surface area contributed by atoms with Crippen LogP contribution in [-0.2, 0) is 22.4 Å². The van der Waals surface area contributed by atoms with Gasteiger partial charge in [-0.1, -0.05) is 17.7 Å². The third-order valence-electron chi connectivity index (χ3n) is 4.18. The Morgan fingerprint density at radius 1 is 1.12 bits per heavy atom. The van der Waals surface area contributed by atoms with E-state index in [-0.39, 0.29) is 18.9 Å². The molecular weight excluding hydrogens is 348 g/mol. The first-order valence-electron chi connectivity index (χ1n) is 8.26. The van der Waals surface area contributed by atoms with Gasteiger partial charge in [-0.15, -0.1) is 0 Å². The molecule has 1 saturated heterocycles. The van der Waals surface area contributed by atoms with Gasteiger partial charge < -0.3 is 25.5 Å². The van der Waals surface area contributed by atoms with Crippen LogP contribution in [0.25, 0.3) is 0 Å². The topological polar surface area (TPSA) is 110 Å². The maximum Gasteiger partial charge on any atom is 0.303 e. The van der Waals surface area contributed by atoms with Crippen LogP contribution in [0.5, 0.6) is 0 Å². The number of carbonyl (C=O) groups is 2. The van der Waals surface area contributed by atoms with Gasteiger partial charge in [0.2, 0.25) is 0 Å². The number of hydrogen-bond donors (Lipinski definition) is 4. The van der Waals surface area contributed by atoms with Crippen molar-refractivity contribution in [1.82, 2.24) is 5.32 Å². The number of carboxylic acid groups (broad SMARTS) is 2. The molecule has 0 atom stereocenters. The Labute approximate surface area is 151 Å². The molecule has 8 heteroatoms. The summed E-state index contributed by atoms with van der Waals surface area (Å²) in [5.74, 6) is -2.15. The lowest BCUT2D eigenvalue weighted by Gasteiger charge is -2.40. The second-order valence-electron chi connectivity index (χ2n) is 6.13.